The summed E-state index contributed by atoms with van der Waals surface area (Å²) in [5.41, 5.74) is 4.59. The van der Waals surface area contributed by atoms with Crippen LogP contribution in [-0.4, -0.2) is 10.8 Å². The largest absolute Gasteiger partial charge is 0.376 e. The van der Waals surface area contributed by atoms with E-state index in [0.29, 0.717) is 12.8 Å². The van der Waals surface area contributed by atoms with Crippen LogP contribution >= 0.6 is 0 Å². The summed E-state index contributed by atoms with van der Waals surface area (Å²) in [6, 6.07) is 0. The van der Waals surface area contributed by atoms with E-state index in [-0.39, 0.29) is 0 Å². The Morgan fingerprint density at radius 3 is 1.78 bits per heavy atom. The van der Waals surface area contributed by atoms with Gasteiger partial charge in [0.1, 0.15) is 5.72 Å². The summed E-state index contributed by atoms with van der Waals surface area (Å²) in [4.78, 5) is 0. The van der Waals surface area contributed by atoms with Gasteiger partial charge in [-0.25, -0.2) is 0 Å². The Morgan fingerprint density at radius 1 is 1.22 bits per heavy atom. The van der Waals surface area contributed by atoms with Crippen LogP contribution in [0.15, 0.2) is 0 Å². The van der Waals surface area contributed by atoms with E-state index in [4.69, 9.17) is 5.73 Å². The van der Waals surface area contributed by atoms with Crippen LogP contribution in [0.5, 0.6) is 0 Å². The Morgan fingerprint density at radius 2 is 1.56 bits per heavy atom. The van der Waals surface area contributed by atoms with Gasteiger partial charge in [-0.2, -0.15) is 0 Å². The SMILES string of the molecule is CCCC(N)(O)CCC. The average Bonchev–Trinajstić information content (AvgIpc) is 1.64. The Hall–Kier alpha value is -0.0800. The zero-order valence-electron chi connectivity index (χ0n) is 6.35. The fraction of sp³-hybridized carbons (Fsp3) is 1.00. The molecular weight excluding hydrogens is 114 g/mol. The quantitative estimate of drug-likeness (QED) is 0.564. The molecule has 0 fully saturated rings. The summed E-state index contributed by atoms with van der Waals surface area (Å²) in [7, 11) is 0. The van der Waals surface area contributed by atoms with Crippen LogP contribution in [0.3, 0.4) is 0 Å². The van der Waals surface area contributed by atoms with E-state index in [1.54, 1.807) is 0 Å². The molecule has 0 bridgehead atoms. The molecule has 0 aromatic carbocycles. The van der Waals surface area contributed by atoms with Gasteiger partial charge in [-0.05, 0) is 12.8 Å². The van der Waals surface area contributed by atoms with Crippen molar-refractivity contribution in [2.24, 2.45) is 5.73 Å². The zero-order valence-corrected chi connectivity index (χ0v) is 6.35. The summed E-state index contributed by atoms with van der Waals surface area (Å²) in [5, 5.41) is 9.29. The number of nitrogens with two attached hydrogens (primary N) is 1. The predicted octanol–water partition coefficient (Wildman–Crippen LogP) is 1.23. The van der Waals surface area contributed by atoms with Gasteiger partial charge >= 0.3 is 0 Å². The van der Waals surface area contributed by atoms with Crippen LogP contribution in [0.25, 0.3) is 0 Å². The van der Waals surface area contributed by atoms with Crippen molar-refractivity contribution in [3.63, 3.8) is 0 Å². The van der Waals surface area contributed by atoms with Crippen molar-refractivity contribution >= 4 is 0 Å². The van der Waals surface area contributed by atoms with E-state index in [0.717, 1.165) is 12.8 Å². The van der Waals surface area contributed by atoms with Gasteiger partial charge in [0, 0.05) is 0 Å². The first-order valence-electron chi connectivity index (χ1n) is 3.63. The van der Waals surface area contributed by atoms with Crippen LogP contribution < -0.4 is 5.73 Å². The van der Waals surface area contributed by atoms with Gasteiger partial charge in [0.15, 0.2) is 0 Å². The summed E-state index contributed by atoms with van der Waals surface area (Å²) in [6.07, 6.45) is 3.32. The van der Waals surface area contributed by atoms with Crippen molar-refractivity contribution in [3.05, 3.63) is 0 Å². The highest BCUT2D eigenvalue weighted by Crippen LogP contribution is 2.11. The lowest BCUT2D eigenvalue weighted by molar-refractivity contribution is 0.0278. The summed E-state index contributed by atoms with van der Waals surface area (Å²) in [5.74, 6) is 0. The van der Waals surface area contributed by atoms with Gasteiger partial charge in [0.25, 0.3) is 0 Å². The molecule has 0 amide bonds. The molecule has 0 radical (unpaired) electrons. The second-order valence-electron chi connectivity index (χ2n) is 2.60. The molecule has 0 saturated carbocycles. The van der Waals surface area contributed by atoms with E-state index in [1.165, 1.54) is 0 Å². The lowest BCUT2D eigenvalue weighted by Gasteiger charge is -2.21. The maximum Gasteiger partial charge on any atom is 0.113 e. The third kappa shape index (κ3) is 4.43. The average molecular weight is 131 g/mol. The number of hydrogen-bond acceptors (Lipinski definition) is 2. The lowest BCUT2D eigenvalue weighted by Crippen LogP contribution is -2.38. The van der Waals surface area contributed by atoms with Gasteiger partial charge in [-0.15, -0.1) is 0 Å². The highest BCUT2D eigenvalue weighted by molar-refractivity contribution is 4.67. The monoisotopic (exact) mass is 131 g/mol. The zero-order chi connectivity index (χ0) is 7.33. The molecule has 0 aromatic rings. The lowest BCUT2D eigenvalue weighted by atomic mass is 10.0. The fourth-order valence-electron chi connectivity index (χ4n) is 0.991. The maximum absolute atomic E-state index is 9.29. The molecule has 0 rings (SSSR count). The van der Waals surface area contributed by atoms with E-state index in [9.17, 15) is 5.11 Å². The molecule has 0 heterocycles. The topological polar surface area (TPSA) is 46.2 Å². The molecule has 0 aromatic heterocycles. The maximum atomic E-state index is 9.29. The van der Waals surface area contributed by atoms with Gasteiger partial charge in [0.05, 0.1) is 0 Å². The number of hydrogen-bond donors (Lipinski definition) is 2. The Balaban J connectivity index is 3.43. The second-order valence-corrected chi connectivity index (χ2v) is 2.60. The van der Waals surface area contributed by atoms with Crippen LogP contribution in [0.4, 0.5) is 0 Å². The molecule has 3 N–H and O–H groups in total. The molecule has 0 aliphatic heterocycles. The molecule has 2 nitrogen and oxygen atoms in total. The molecule has 0 saturated heterocycles. The summed E-state index contributed by atoms with van der Waals surface area (Å²) >= 11 is 0. The standard InChI is InChI=1S/C7H17NO/c1-3-5-7(8,9)6-4-2/h9H,3-6,8H2,1-2H3. The van der Waals surface area contributed by atoms with Crippen molar-refractivity contribution in [2.45, 2.75) is 45.3 Å². The highest BCUT2D eigenvalue weighted by Gasteiger charge is 2.16. The van der Waals surface area contributed by atoms with Crippen molar-refractivity contribution < 1.29 is 5.11 Å². The molecule has 0 spiro atoms. The molecular formula is C7H17NO. The van der Waals surface area contributed by atoms with Gasteiger partial charge in [-0.1, -0.05) is 26.7 Å². The molecule has 2 heteroatoms. The minimum absolute atomic E-state index is 0.709. The Bertz CT molecular complexity index is 63.3. The molecule has 0 unspecified atom stereocenters. The smallest absolute Gasteiger partial charge is 0.113 e. The minimum atomic E-state index is -0.899. The second kappa shape index (κ2) is 3.85. The van der Waals surface area contributed by atoms with Crippen molar-refractivity contribution in [1.82, 2.24) is 0 Å². The van der Waals surface area contributed by atoms with Crippen LogP contribution in [0.2, 0.25) is 0 Å². The van der Waals surface area contributed by atoms with E-state index < -0.39 is 5.72 Å². The Labute approximate surface area is 57.1 Å². The van der Waals surface area contributed by atoms with Crippen LogP contribution in [0, 0.1) is 0 Å². The van der Waals surface area contributed by atoms with Crippen molar-refractivity contribution in [2.75, 3.05) is 0 Å². The predicted molar refractivity (Wildman–Crippen MR) is 39.0 cm³/mol. The molecule has 0 aliphatic carbocycles. The molecule has 9 heavy (non-hydrogen) atoms. The summed E-state index contributed by atoms with van der Waals surface area (Å²) in [6.45, 7) is 4.04. The normalized spacial score (nSPS) is 12.0. The first kappa shape index (κ1) is 8.92. The Kier molecular flexibility index (Phi) is 3.82. The van der Waals surface area contributed by atoms with Gasteiger partial charge < -0.3 is 10.8 Å². The highest BCUT2D eigenvalue weighted by atomic mass is 16.3. The van der Waals surface area contributed by atoms with E-state index in [1.807, 2.05) is 13.8 Å². The van der Waals surface area contributed by atoms with E-state index >= 15 is 0 Å². The van der Waals surface area contributed by atoms with E-state index in [2.05, 4.69) is 0 Å². The van der Waals surface area contributed by atoms with Gasteiger partial charge in [-0.3, -0.25) is 0 Å². The third-order valence-corrected chi connectivity index (χ3v) is 1.37. The minimum Gasteiger partial charge on any atom is -0.376 e. The number of rotatable bonds is 4. The van der Waals surface area contributed by atoms with Crippen molar-refractivity contribution in [3.8, 4) is 0 Å². The van der Waals surface area contributed by atoms with Crippen molar-refractivity contribution in [1.29, 1.82) is 0 Å². The first-order valence-corrected chi connectivity index (χ1v) is 3.63. The molecule has 0 atom stereocenters. The first-order chi connectivity index (χ1) is 4.12. The third-order valence-electron chi connectivity index (χ3n) is 1.37. The van der Waals surface area contributed by atoms with Gasteiger partial charge in [0.2, 0.25) is 0 Å². The van der Waals surface area contributed by atoms with Crippen LogP contribution in [0.1, 0.15) is 39.5 Å². The number of aliphatic hydroxyl groups is 1. The summed E-state index contributed by atoms with van der Waals surface area (Å²) < 4.78 is 0. The van der Waals surface area contributed by atoms with Crippen LogP contribution in [-0.2, 0) is 0 Å². The molecule has 56 valence electrons. The molecule has 0 aliphatic rings. The fourth-order valence-corrected chi connectivity index (χ4v) is 0.991.